The smallest absolute Gasteiger partial charge is 0.263 e. The molecule has 1 aliphatic rings. The molecule has 0 radical (unpaired) electrons. The number of hydrogen-bond acceptors (Lipinski definition) is 6. The van der Waals surface area contributed by atoms with Gasteiger partial charge in [0.2, 0.25) is 11.8 Å². The highest BCUT2D eigenvalue weighted by Crippen LogP contribution is 2.22. The maximum atomic E-state index is 12.4. The minimum Gasteiger partial charge on any atom is -0.342 e. The van der Waals surface area contributed by atoms with Gasteiger partial charge in [0.05, 0.1) is 10.8 Å². The molecule has 2 amide bonds. The molecule has 1 unspecified atom stereocenters. The largest absolute Gasteiger partial charge is 0.342 e. The van der Waals surface area contributed by atoms with Crippen molar-refractivity contribution in [2.45, 2.75) is 31.1 Å². The van der Waals surface area contributed by atoms with Gasteiger partial charge in [0.1, 0.15) is 0 Å². The topological polar surface area (TPSA) is 108 Å². The Balaban J connectivity index is 1.60. The second kappa shape index (κ2) is 8.70. The van der Waals surface area contributed by atoms with Crippen LogP contribution < -0.4 is 10.0 Å². The van der Waals surface area contributed by atoms with Crippen molar-refractivity contribution in [2.24, 2.45) is 5.92 Å². The molecular weight excluding hydrogens is 400 g/mol. The number of likely N-dealkylation sites (tertiary alicyclic amines) is 1. The van der Waals surface area contributed by atoms with Gasteiger partial charge in [-0.1, -0.05) is 13.3 Å². The maximum absolute atomic E-state index is 12.4. The van der Waals surface area contributed by atoms with Gasteiger partial charge in [0, 0.05) is 36.8 Å². The molecule has 0 saturated carbocycles. The van der Waals surface area contributed by atoms with Crippen LogP contribution in [0.3, 0.4) is 0 Å². The number of amides is 2. The number of anilines is 2. The summed E-state index contributed by atoms with van der Waals surface area (Å²) >= 11 is 1.19. The van der Waals surface area contributed by atoms with E-state index in [1.54, 1.807) is 10.3 Å². The lowest BCUT2D eigenvalue weighted by molar-refractivity contribution is -0.128. The molecule has 1 aromatic carbocycles. The lowest BCUT2D eigenvalue weighted by Gasteiger charge is -2.16. The molecule has 2 aromatic rings. The Morgan fingerprint density at radius 1 is 1.32 bits per heavy atom. The molecule has 0 aliphatic carbocycles. The molecule has 2 N–H and O–H groups in total. The van der Waals surface area contributed by atoms with E-state index in [0.29, 0.717) is 18.8 Å². The normalized spacial score (nSPS) is 17.0. The van der Waals surface area contributed by atoms with E-state index in [1.165, 1.54) is 41.8 Å². The summed E-state index contributed by atoms with van der Waals surface area (Å²) in [6.45, 7) is 3.16. The summed E-state index contributed by atoms with van der Waals surface area (Å²) in [5, 5.41) is 4.72. The first-order valence-corrected chi connectivity index (χ1v) is 11.4. The van der Waals surface area contributed by atoms with Gasteiger partial charge < -0.3 is 10.2 Å². The summed E-state index contributed by atoms with van der Waals surface area (Å²) < 4.78 is 27.0. The number of thiazole rings is 1. The van der Waals surface area contributed by atoms with E-state index >= 15 is 0 Å². The zero-order valence-electron chi connectivity index (χ0n) is 15.4. The third-order valence-electron chi connectivity index (χ3n) is 4.45. The van der Waals surface area contributed by atoms with Gasteiger partial charge in [-0.05, 0) is 30.7 Å². The second-order valence-electron chi connectivity index (χ2n) is 6.55. The molecule has 1 atom stereocenters. The molecule has 10 heteroatoms. The van der Waals surface area contributed by atoms with E-state index in [2.05, 4.69) is 21.9 Å². The number of hydrogen-bond donors (Lipinski definition) is 2. The molecule has 28 heavy (non-hydrogen) atoms. The SMILES string of the molecule is CCCCN1CC(C(=O)Nc2ccc(S(=O)(=O)Nc3nccs3)cc2)CC1=O. The molecule has 3 rings (SSSR count). The Bertz CT molecular complexity index is 927. The predicted octanol–water partition coefficient (Wildman–Crippen LogP) is 2.53. The van der Waals surface area contributed by atoms with E-state index in [0.717, 1.165) is 12.8 Å². The number of sulfonamides is 1. The van der Waals surface area contributed by atoms with Crippen LogP contribution in [-0.2, 0) is 19.6 Å². The minimum absolute atomic E-state index is 0.00306. The minimum atomic E-state index is -3.73. The van der Waals surface area contributed by atoms with Crippen LogP contribution in [0.15, 0.2) is 40.7 Å². The maximum Gasteiger partial charge on any atom is 0.263 e. The highest BCUT2D eigenvalue weighted by atomic mass is 32.2. The number of nitrogens with zero attached hydrogens (tertiary/aromatic N) is 2. The Morgan fingerprint density at radius 2 is 2.07 bits per heavy atom. The van der Waals surface area contributed by atoms with E-state index in [1.807, 2.05) is 0 Å². The fraction of sp³-hybridized carbons (Fsp3) is 0.389. The molecule has 0 bridgehead atoms. The summed E-state index contributed by atoms with van der Waals surface area (Å²) in [7, 11) is -3.73. The van der Waals surface area contributed by atoms with Crippen LogP contribution in [-0.4, -0.2) is 43.2 Å². The van der Waals surface area contributed by atoms with Gasteiger partial charge in [-0.15, -0.1) is 11.3 Å². The Kier molecular flexibility index (Phi) is 6.30. The van der Waals surface area contributed by atoms with E-state index in [-0.39, 0.29) is 34.2 Å². The Labute approximate surface area is 168 Å². The van der Waals surface area contributed by atoms with Crippen molar-refractivity contribution >= 4 is 44.0 Å². The molecule has 1 aliphatic heterocycles. The van der Waals surface area contributed by atoms with Gasteiger partial charge in [-0.2, -0.15) is 0 Å². The molecule has 0 spiro atoms. The molecule has 2 heterocycles. The summed E-state index contributed by atoms with van der Waals surface area (Å²) in [6.07, 6.45) is 3.64. The third-order valence-corrected chi connectivity index (χ3v) is 6.63. The van der Waals surface area contributed by atoms with E-state index in [9.17, 15) is 18.0 Å². The average molecular weight is 423 g/mol. The van der Waals surface area contributed by atoms with E-state index in [4.69, 9.17) is 0 Å². The van der Waals surface area contributed by atoms with Crippen LogP contribution in [0.5, 0.6) is 0 Å². The predicted molar refractivity (Wildman–Crippen MR) is 108 cm³/mol. The van der Waals surface area contributed by atoms with Gasteiger partial charge in [-0.3, -0.25) is 14.3 Å². The van der Waals surface area contributed by atoms with Crippen LogP contribution in [0, 0.1) is 5.92 Å². The quantitative estimate of drug-likeness (QED) is 0.680. The molecule has 1 saturated heterocycles. The van der Waals surface area contributed by atoms with Gasteiger partial charge in [0.25, 0.3) is 10.0 Å². The number of aromatic nitrogens is 1. The molecule has 1 fully saturated rings. The number of nitrogens with one attached hydrogen (secondary N) is 2. The van der Waals surface area contributed by atoms with Crippen LogP contribution in [0.1, 0.15) is 26.2 Å². The first-order chi connectivity index (χ1) is 13.4. The first kappa shape index (κ1) is 20.3. The van der Waals surface area contributed by atoms with Crippen LogP contribution in [0.2, 0.25) is 0 Å². The second-order valence-corrected chi connectivity index (χ2v) is 9.13. The zero-order valence-corrected chi connectivity index (χ0v) is 17.1. The Morgan fingerprint density at radius 3 is 2.71 bits per heavy atom. The lowest BCUT2D eigenvalue weighted by atomic mass is 10.1. The monoisotopic (exact) mass is 422 g/mol. The lowest BCUT2D eigenvalue weighted by Crippen LogP contribution is -2.29. The molecule has 8 nitrogen and oxygen atoms in total. The number of carbonyl (C=O) groups excluding carboxylic acids is 2. The van der Waals surface area contributed by atoms with Crippen LogP contribution >= 0.6 is 11.3 Å². The first-order valence-electron chi connectivity index (χ1n) is 9.00. The highest BCUT2D eigenvalue weighted by molar-refractivity contribution is 7.93. The summed E-state index contributed by atoms with van der Waals surface area (Å²) in [5.41, 5.74) is 0.484. The summed E-state index contributed by atoms with van der Waals surface area (Å²) in [6, 6.07) is 5.89. The van der Waals surface area contributed by atoms with Crippen LogP contribution in [0.25, 0.3) is 0 Å². The van der Waals surface area contributed by atoms with Gasteiger partial charge in [0.15, 0.2) is 5.13 Å². The van der Waals surface area contributed by atoms with Gasteiger partial charge >= 0.3 is 0 Å². The number of unbranched alkanes of at least 4 members (excludes halogenated alkanes) is 1. The summed E-state index contributed by atoms with van der Waals surface area (Å²) in [4.78, 5) is 30.1. The van der Waals surface area contributed by atoms with Crippen molar-refractivity contribution in [1.29, 1.82) is 0 Å². The fourth-order valence-corrected chi connectivity index (χ4v) is 4.71. The number of rotatable bonds is 8. The van der Waals surface area contributed by atoms with Crippen LogP contribution in [0.4, 0.5) is 10.8 Å². The van der Waals surface area contributed by atoms with Gasteiger partial charge in [-0.25, -0.2) is 13.4 Å². The zero-order chi connectivity index (χ0) is 20.1. The fourth-order valence-electron chi connectivity index (χ4n) is 2.92. The molecule has 1 aromatic heterocycles. The summed E-state index contributed by atoms with van der Waals surface area (Å²) in [5.74, 6) is -0.619. The third kappa shape index (κ3) is 4.87. The average Bonchev–Trinajstić information content (AvgIpc) is 3.29. The van der Waals surface area contributed by atoms with Crippen molar-refractivity contribution < 1.29 is 18.0 Å². The van der Waals surface area contributed by atoms with E-state index < -0.39 is 10.0 Å². The Hall–Kier alpha value is -2.46. The van der Waals surface area contributed by atoms with Crippen molar-refractivity contribution in [1.82, 2.24) is 9.88 Å². The number of benzene rings is 1. The standard InChI is InChI=1S/C18H22N4O4S2/c1-2-3-9-22-12-13(11-16(22)23)17(24)20-14-4-6-15(7-5-14)28(25,26)21-18-19-8-10-27-18/h4-8,10,13H,2-3,9,11-12H2,1H3,(H,19,21)(H,20,24). The van der Waals surface area contributed by atoms with Crippen molar-refractivity contribution in [2.75, 3.05) is 23.1 Å². The van der Waals surface area contributed by atoms with Crippen molar-refractivity contribution in [3.8, 4) is 0 Å². The number of carbonyl (C=O) groups is 2. The highest BCUT2D eigenvalue weighted by Gasteiger charge is 2.33. The molecule has 150 valence electrons. The van der Waals surface area contributed by atoms with Crippen molar-refractivity contribution in [3.63, 3.8) is 0 Å². The van der Waals surface area contributed by atoms with Crippen molar-refractivity contribution in [3.05, 3.63) is 35.8 Å². The molecular formula is C18H22N4O4S2.